The summed E-state index contributed by atoms with van der Waals surface area (Å²) in [4.78, 5) is 0. The first-order valence-corrected chi connectivity index (χ1v) is 6.80. The quantitative estimate of drug-likeness (QED) is 0.624. The molecule has 0 spiro atoms. The molecule has 114 valence electrons. The van der Waals surface area contributed by atoms with Crippen molar-refractivity contribution >= 4 is 0 Å². The molecule has 0 bridgehead atoms. The van der Waals surface area contributed by atoms with E-state index in [-0.39, 0.29) is 0 Å². The van der Waals surface area contributed by atoms with E-state index in [1.165, 1.54) is 0 Å². The molecule has 0 atom stereocenters. The van der Waals surface area contributed by atoms with E-state index in [9.17, 15) is 0 Å². The molecule has 0 aliphatic carbocycles. The lowest BCUT2D eigenvalue weighted by Gasteiger charge is -2.11. The van der Waals surface area contributed by atoms with Gasteiger partial charge >= 0.3 is 0 Å². The van der Waals surface area contributed by atoms with E-state index in [0.717, 1.165) is 43.2 Å². The summed E-state index contributed by atoms with van der Waals surface area (Å²) in [5.41, 5.74) is 1.10. The van der Waals surface area contributed by atoms with E-state index in [0.29, 0.717) is 13.2 Å². The molecule has 0 amide bonds. The van der Waals surface area contributed by atoms with Crippen LogP contribution in [0.1, 0.15) is 5.56 Å². The van der Waals surface area contributed by atoms with Crippen molar-refractivity contribution in [2.45, 2.75) is 6.42 Å². The Hall–Kier alpha value is -1.30. The van der Waals surface area contributed by atoms with Crippen LogP contribution in [-0.4, -0.2) is 54.2 Å². The van der Waals surface area contributed by atoms with Gasteiger partial charge in [-0.05, 0) is 24.6 Å². The van der Waals surface area contributed by atoms with Gasteiger partial charge in [-0.2, -0.15) is 0 Å². The van der Waals surface area contributed by atoms with E-state index in [1.54, 1.807) is 21.3 Å². The molecule has 5 nitrogen and oxygen atoms in total. The standard InChI is InChI=1S/C15H25NO4/c1-17-10-7-16-8-11-20-9-6-13-12-14(18-2)4-5-15(13)19-3/h4-5,12,16H,6-11H2,1-3H3. The van der Waals surface area contributed by atoms with Gasteiger partial charge in [0.25, 0.3) is 0 Å². The number of ether oxygens (including phenoxy) is 4. The summed E-state index contributed by atoms with van der Waals surface area (Å²) < 4.78 is 21.1. The fraction of sp³-hybridized carbons (Fsp3) is 0.600. The van der Waals surface area contributed by atoms with Gasteiger partial charge in [0.05, 0.1) is 34.0 Å². The molecule has 1 N–H and O–H groups in total. The van der Waals surface area contributed by atoms with Crippen molar-refractivity contribution in [2.24, 2.45) is 0 Å². The van der Waals surface area contributed by atoms with Crippen molar-refractivity contribution in [3.8, 4) is 11.5 Å². The van der Waals surface area contributed by atoms with Crippen LogP contribution in [0.15, 0.2) is 18.2 Å². The summed E-state index contributed by atoms with van der Waals surface area (Å²) in [5, 5.41) is 3.23. The van der Waals surface area contributed by atoms with Crippen LogP contribution in [0.2, 0.25) is 0 Å². The third kappa shape index (κ3) is 6.23. The van der Waals surface area contributed by atoms with Crippen molar-refractivity contribution in [1.82, 2.24) is 5.32 Å². The van der Waals surface area contributed by atoms with Gasteiger partial charge < -0.3 is 24.3 Å². The zero-order valence-corrected chi connectivity index (χ0v) is 12.6. The molecule has 1 aromatic carbocycles. The first kappa shape index (κ1) is 16.8. The number of nitrogens with one attached hydrogen (secondary N) is 1. The molecule has 1 aromatic rings. The molecule has 5 heteroatoms. The van der Waals surface area contributed by atoms with Gasteiger partial charge in [0.1, 0.15) is 11.5 Å². The maximum Gasteiger partial charge on any atom is 0.122 e. The lowest BCUT2D eigenvalue weighted by atomic mass is 10.1. The summed E-state index contributed by atoms with van der Waals surface area (Å²) in [5.74, 6) is 1.70. The van der Waals surface area contributed by atoms with E-state index < -0.39 is 0 Å². The molecule has 0 aliphatic heterocycles. The molecule has 0 radical (unpaired) electrons. The Morgan fingerprint density at radius 3 is 2.45 bits per heavy atom. The molecule has 1 rings (SSSR count). The average Bonchev–Trinajstić information content (AvgIpc) is 2.49. The maximum absolute atomic E-state index is 5.59. The molecule has 0 aromatic heterocycles. The molecule has 0 saturated carbocycles. The topological polar surface area (TPSA) is 49.0 Å². The van der Waals surface area contributed by atoms with Crippen molar-refractivity contribution in [3.63, 3.8) is 0 Å². The van der Waals surface area contributed by atoms with Crippen molar-refractivity contribution in [1.29, 1.82) is 0 Å². The predicted molar refractivity (Wildman–Crippen MR) is 78.8 cm³/mol. The van der Waals surface area contributed by atoms with Crippen LogP contribution in [0.4, 0.5) is 0 Å². The van der Waals surface area contributed by atoms with Crippen LogP contribution in [0.5, 0.6) is 11.5 Å². The molecule has 0 aliphatic rings. The molecule has 0 heterocycles. The Labute approximate surface area is 121 Å². The third-order valence-electron chi connectivity index (χ3n) is 2.91. The van der Waals surface area contributed by atoms with E-state index in [1.807, 2.05) is 18.2 Å². The highest BCUT2D eigenvalue weighted by Crippen LogP contribution is 2.24. The molecular formula is C15H25NO4. The first-order valence-electron chi connectivity index (χ1n) is 6.80. The van der Waals surface area contributed by atoms with Crippen LogP contribution in [0.25, 0.3) is 0 Å². The van der Waals surface area contributed by atoms with Crippen molar-refractivity contribution < 1.29 is 18.9 Å². The Morgan fingerprint density at radius 1 is 0.950 bits per heavy atom. The highest BCUT2D eigenvalue weighted by Gasteiger charge is 2.04. The third-order valence-corrected chi connectivity index (χ3v) is 2.91. The minimum atomic E-state index is 0.662. The summed E-state index contributed by atoms with van der Waals surface area (Å²) in [6, 6.07) is 5.79. The lowest BCUT2D eigenvalue weighted by molar-refractivity contribution is 0.135. The zero-order chi connectivity index (χ0) is 14.6. The Kier molecular flexibility index (Phi) is 8.78. The Bertz CT molecular complexity index is 371. The highest BCUT2D eigenvalue weighted by molar-refractivity contribution is 5.40. The van der Waals surface area contributed by atoms with Gasteiger partial charge in [0.15, 0.2) is 0 Å². The zero-order valence-electron chi connectivity index (χ0n) is 12.6. The molecule has 0 unspecified atom stereocenters. The largest absolute Gasteiger partial charge is 0.497 e. The van der Waals surface area contributed by atoms with Crippen LogP contribution < -0.4 is 14.8 Å². The highest BCUT2D eigenvalue weighted by atomic mass is 16.5. The monoisotopic (exact) mass is 283 g/mol. The van der Waals surface area contributed by atoms with Crippen molar-refractivity contribution in [3.05, 3.63) is 23.8 Å². The van der Waals surface area contributed by atoms with Gasteiger partial charge in [0.2, 0.25) is 0 Å². The fourth-order valence-corrected chi connectivity index (χ4v) is 1.81. The Balaban J connectivity index is 2.24. The molecule has 0 fully saturated rings. The van der Waals surface area contributed by atoms with Gasteiger partial charge in [-0.3, -0.25) is 0 Å². The number of benzene rings is 1. The number of methoxy groups -OCH3 is 3. The first-order chi connectivity index (χ1) is 9.81. The minimum Gasteiger partial charge on any atom is -0.497 e. The van der Waals surface area contributed by atoms with E-state index >= 15 is 0 Å². The number of rotatable bonds is 11. The van der Waals surface area contributed by atoms with Gasteiger partial charge in [0, 0.05) is 25.8 Å². The molecule has 0 saturated heterocycles. The second-order valence-corrected chi connectivity index (χ2v) is 4.28. The van der Waals surface area contributed by atoms with E-state index in [2.05, 4.69) is 5.32 Å². The summed E-state index contributed by atoms with van der Waals surface area (Å²) >= 11 is 0. The van der Waals surface area contributed by atoms with Crippen LogP contribution in [-0.2, 0) is 15.9 Å². The number of hydrogen-bond donors (Lipinski definition) is 1. The molecular weight excluding hydrogens is 258 g/mol. The summed E-state index contributed by atoms with van der Waals surface area (Å²) in [6.07, 6.45) is 0.804. The van der Waals surface area contributed by atoms with Crippen LogP contribution in [0, 0.1) is 0 Å². The lowest BCUT2D eigenvalue weighted by Crippen LogP contribution is -2.23. The van der Waals surface area contributed by atoms with Gasteiger partial charge in [-0.15, -0.1) is 0 Å². The van der Waals surface area contributed by atoms with Gasteiger partial charge in [-0.1, -0.05) is 0 Å². The van der Waals surface area contributed by atoms with Crippen LogP contribution in [0.3, 0.4) is 0 Å². The predicted octanol–water partition coefficient (Wildman–Crippen LogP) is 1.50. The second-order valence-electron chi connectivity index (χ2n) is 4.28. The van der Waals surface area contributed by atoms with Crippen molar-refractivity contribution in [2.75, 3.05) is 54.2 Å². The second kappa shape index (κ2) is 10.5. The summed E-state index contributed by atoms with van der Waals surface area (Å²) in [7, 11) is 5.03. The molecule has 20 heavy (non-hydrogen) atoms. The normalized spacial score (nSPS) is 10.6. The average molecular weight is 283 g/mol. The SMILES string of the molecule is COCCNCCOCCc1cc(OC)ccc1OC. The number of hydrogen-bond acceptors (Lipinski definition) is 5. The Morgan fingerprint density at radius 2 is 1.75 bits per heavy atom. The smallest absolute Gasteiger partial charge is 0.122 e. The fourth-order valence-electron chi connectivity index (χ4n) is 1.81. The van der Waals surface area contributed by atoms with Crippen LogP contribution >= 0.6 is 0 Å². The van der Waals surface area contributed by atoms with E-state index in [4.69, 9.17) is 18.9 Å². The minimum absolute atomic E-state index is 0.662. The van der Waals surface area contributed by atoms with Gasteiger partial charge in [-0.25, -0.2) is 0 Å². The summed E-state index contributed by atoms with van der Waals surface area (Å²) in [6.45, 7) is 3.76. The maximum atomic E-state index is 5.59.